The molecule has 0 bridgehead atoms. The summed E-state index contributed by atoms with van der Waals surface area (Å²) in [6, 6.07) is 0.103. The molecule has 5 heteroatoms. The first-order chi connectivity index (χ1) is 8.37. The van der Waals surface area contributed by atoms with Gasteiger partial charge in [-0.15, -0.1) is 0 Å². The van der Waals surface area contributed by atoms with Crippen molar-refractivity contribution in [1.29, 1.82) is 0 Å². The Kier molecular flexibility index (Phi) is 3.80. The average molecular weight is 315 g/mol. The van der Waals surface area contributed by atoms with Crippen molar-refractivity contribution >= 4 is 27.7 Å². The summed E-state index contributed by atoms with van der Waals surface area (Å²) >= 11 is 3.44. The molecule has 2 aliphatic rings. The first-order valence-electron chi connectivity index (χ1n) is 6.27. The number of aliphatic imine (C=N–C) groups is 1. The summed E-state index contributed by atoms with van der Waals surface area (Å²) in [5.41, 5.74) is 0.616. The molecule has 0 spiro atoms. The molecule has 0 aromatic heterocycles. The lowest BCUT2D eigenvalue weighted by atomic mass is 10.1. The summed E-state index contributed by atoms with van der Waals surface area (Å²) in [5.74, 6) is 0. The highest BCUT2D eigenvalue weighted by Crippen LogP contribution is 2.28. The predicted octanol–water partition coefficient (Wildman–Crippen LogP) is 3.47. The van der Waals surface area contributed by atoms with Crippen LogP contribution in [-0.4, -0.2) is 34.9 Å². The van der Waals surface area contributed by atoms with E-state index < -0.39 is 5.60 Å². The van der Waals surface area contributed by atoms with Gasteiger partial charge in [0.25, 0.3) is 0 Å². The number of carbonyl (C=O) groups is 1. The standard InChI is InChI=1S/C13H19BrN2O2/c1-13(2,3)18-12(17)16-6-4-5-11(16)10-7-9(14)8-15-10/h8,11H,4-7H2,1-3H3/t11-/m0/s1. The Bertz CT molecular complexity index is 410. The van der Waals surface area contributed by atoms with Gasteiger partial charge >= 0.3 is 6.09 Å². The molecule has 1 atom stereocenters. The predicted molar refractivity (Wildman–Crippen MR) is 75.0 cm³/mol. The molecule has 0 N–H and O–H groups in total. The molecule has 2 rings (SSSR count). The first kappa shape index (κ1) is 13.6. The number of rotatable bonds is 1. The largest absolute Gasteiger partial charge is 0.444 e. The van der Waals surface area contributed by atoms with Crippen molar-refractivity contribution in [3.63, 3.8) is 0 Å². The fourth-order valence-corrected chi connectivity index (χ4v) is 2.66. The summed E-state index contributed by atoms with van der Waals surface area (Å²) in [7, 11) is 0. The van der Waals surface area contributed by atoms with Gasteiger partial charge in [-0.2, -0.15) is 0 Å². The molecule has 2 heterocycles. The molecule has 1 saturated heterocycles. The van der Waals surface area contributed by atoms with Crippen LogP contribution in [0.25, 0.3) is 0 Å². The van der Waals surface area contributed by atoms with Crippen LogP contribution in [0.15, 0.2) is 15.7 Å². The van der Waals surface area contributed by atoms with Crippen LogP contribution in [0.5, 0.6) is 0 Å². The molecule has 1 amide bonds. The van der Waals surface area contributed by atoms with E-state index in [0.29, 0.717) is 0 Å². The van der Waals surface area contributed by atoms with Crippen LogP contribution < -0.4 is 0 Å². The normalized spacial score (nSPS) is 24.0. The van der Waals surface area contributed by atoms with Crippen LogP contribution in [0, 0.1) is 0 Å². The fraction of sp³-hybridized carbons (Fsp3) is 0.692. The highest BCUT2D eigenvalue weighted by molar-refractivity contribution is 9.11. The van der Waals surface area contributed by atoms with E-state index in [2.05, 4.69) is 20.9 Å². The van der Waals surface area contributed by atoms with E-state index in [9.17, 15) is 4.79 Å². The SMILES string of the molecule is CC(C)(C)OC(=O)N1CCC[C@H]1C1=NC=C(Br)C1. The van der Waals surface area contributed by atoms with E-state index >= 15 is 0 Å². The maximum Gasteiger partial charge on any atom is 0.410 e. The number of ether oxygens (including phenoxy) is 1. The zero-order valence-corrected chi connectivity index (χ0v) is 12.7. The van der Waals surface area contributed by atoms with E-state index in [1.165, 1.54) is 0 Å². The molecular weight excluding hydrogens is 296 g/mol. The summed E-state index contributed by atoms with van der Waals surface area (Å²) in [6.07, 6.45) is 4.40. The van der Waals surface area contributed by atoms with E-state index in [0.717, 1.165) is 36.0 Å². The third-order valence-corrected chi connectivity index (χ3v) is 3.47. The summed E-state index contributed by atoms with van der Waals surface area (Å²) < 4.78 is 6.52. The zero-order valence-electron chi connectivity index (χ0n) is 11.1. The molecule has 4 nitrogen and oxygen atoms in total. The minimum absolute atomic E-state index is 0.103. The van der Waals surface area contributed by atoms with Crippen LogP contribution >= 0.6 is 15.9 Å². The van der Waals surface area contributed by atoms with Crippen LogP contribution in [0.3, 0.4) is 0 Å². The molecule has 0 aromatic carbocycles. The minimum Gasteiger partial charge on any atom is -0.444 e. The van der Waals surface area contributed by atoms with Crippen LogP contribution in [-0.2, 0) is 4.74 Å². The lowest BCUT2D eigenvalue weighted by molar-refractivity contribution is 0.0265. The lowest BCUT2D eigenvalue weighted by Gasteiger charge is -2.28. The molecule has 0 aromatic rings. The number of likely N-dealkylation sites (tertiary alicyclic amines) is 1. The van der Waals surface area contributed by atoms with Crippen molar-refractivity contribution in [2.45, 2.75) is 51.7 Å². The monoisotopic (exact) mass is 314 g/mol. The molecule has 2 aliphatic heterocycles. The molecule has 0 radical (unpaired) electrons. The topological polar surface area (TPSA) is 41.9 Å². The van der Waals surface area contributed by atoms with Crippen molar-refractivity contribution in [1.82, 2.24) is 4.90 Å². The van der Waals surface area contributed by atoms with Gasteiger partial charge < -0.3 is 4.74 Å². The molecular formula is C13H19BrN2O2. The van der Waals surface area contributed by atoms with Crippen molar-refractivity contribution < 1.29 is 9.53 Å². The number of allylic oxidation sites excluding steroid dienone is 1. The van der Waals surface area contributed by atoms with Gasteiger partial charge in [0.15, 0.2) is 0 Å². The third kappa shape index (κ3) is 3.13. The summed E-state index contributed by atoms with van der Waals surface area (Å²) in [4.78, 5) is 18.3. The Labute approximate surface area is 116 Å². The van der Waals surface area contributed by atoms with E-state index in [-0.39, 0.29) is 12.1 Å². The number of halogens is 1. The van der Waals surface area contributed by atoms with Gasteiger partial charge in [-0.05, 0) is 33.6 Å². The minimum atomic E-state index is -0.444. The van der Waals surface area contributed by atoms with Gasteiger partial charge in [0.1, 0.15) is 5.60 Å². The molecule has 18 heavy (non-hydrogen) atoms. The van der Waals surface area contributed by atoms with Gasteiger partial charge in [0, 0.05) is 29.4 Å². The summed E-state index contributed by atoms with van der Waals surface area (Å²) in [5, 5.41) is 0. The molecule has 1 fully saturated rings. The number of hydrogen-bond donors (Lipinski definition) is 0. The highest BCUT2D eigenvalue weighted by Gasteiger charge is 2.35. The van der Waals surface area contributed by atoms with Crippen molar-refractivity contribution in [3.05, 3.63) is 10.7 Å². The summed E-state index contributed by atoms with van der Waals surface area (Å²) in [6.45, 7) is 6.43. The fourth-order valence-electron chi connectivity index (χ4n) is 2.27. The van der Waals surface area contributed by atoms with E-state index in [4.69, 9.17) is 4.74 Å². The number of hydrogen-bond acceptors (Lipinski definition) is 3. The first-order valence-corrected chi connectivity index (χ1v) is 7.07. The van der Waals surface area contributed by atoms with Crippen LogP contribution in [0.2, 0.25) is 0 Å². The van der Waals surface area contributed by atoms with Crippen LogP contribution in [0.4, 0.5) is 4.79 Å². The van der Waals surface area contributed by atoms with Gasteiger partial charge in [0.05, 0.1) is 6.04 Å². The third-order valence-electron chi connectivity index (χ3n) is 2.99. The van der Waals surface area contributed by atoms with E-state index in [1.807, 2.05) is 31.9 Å². The highest BCUT2D eigenvalue weighted by atomic mass is 79.9. The number of amides is 1. The Morgan fingerprint density at radius 3 is 2.83 bits per heavy atom. The second-order valence-corrected chi connectivity index (χ2v) is 6.72. The quantitative estimate of drug-likeness (QED) is 0.743. The molecule has 0 unspecified atom stereocenters. The maximum absolute atomic E-state index is 12.1. The van der Waals surface area contributed by atoms with Gasteiger partial charge in [-0.1, -0.05) is 15.9 Å². The lowest BCUT2D eigenvalue weighted by Crippen LogP contribution is -2.43. The van der Waals surface area contributed by atoms with Gasteiger partial charge in [-0.25, -0.2) is 4.79 Å². The van der Waals surface area contributed by atoms with Crippen molar-refractivity contribution in [3.8, 4) is 0 Å². The second kappa shape index (κ2) is 5.03. The van der Waals surface area contributed by atoms with Crippen molar-refractivity contribution in [2.75, 3.05) is 6.54 Å². The number of carbonyl (C=O) groups excluding carboxylic acids is 1. The number of nitrogens with zero attached hydrogens (tertiary/aromatic N) is 2. The molecule has 100 valence electrons. The van der Waals surface area contributed by atoms with E-state index in [1.54, 1.807) is 0 Å². The Balaban J connectivity index is 2.02. The second-order valence-electron chi connectivity index (χ2n) is 5.70. The van der Waals surface area contributed by atoms with Gasteiger partial charge in [-0.3, -0.25) is 9.89 Å². The zero-order chi connectivity index (χ0) is 13.3. The molecule has 0 saturated carbocycles. The van der Waals surface area contributed by atoms with Crippen molar-refractivity contribution in [2.24, 2.45) is 4.99 Å². The maximum atomic E-state index is 12.1. The van der Waals surface area contributed by atoms with Crippen LogP contribution in [0.1, 0.15) is 40.0 Å². The Morgan fingerprint density at radius 2 is 2.28 bits per heavy atom. The average Bonchev–Trinajstić information content (AvgIpc) is 2.81. The Hall–Kier alpha value is -0.840. The molecule has 0 aliphatic carbocycles. The Morgan fingerprint density at radius 1 is 1.56 bits per heavy atom. The van der Waals surface area contributed by atoms with Gasteiger partial charge in [0.2, 0.25) is 0 Å². The smallest absolute Gasteiger partial charge is 0.410 e.